The average molecular weight is 336 g/mol. The van der Waals surface area contributed by atoms with Gasteiger partial charge in [0.25, 0.3) is 0 Å². The Bertz CT molecular complexity index is 486. The number of allylic oxidation sites excluding steroid dienone is 2. The normalized spacial score (nSPS) is 15.7. The van der Waals surface area contributed by atoms with Crippen LogP contribution < -0.4 is 9.80 Å². The van der Waals surface area contributed by atoms with E-state index in [0.29, 0.717) is 0 Å². The first-order valence-electron chi connectivity index (χ1n) is 9.12. The molecular formula is C20H32ClN2+. The first kappa shape index (κ1) is 18.4. The third-order valence-corrected chi connectivity index (χ3v) is 4.92. The van der Waals surface area contributed by atoms with Gasteiger partial charge in [0.05, 0.1) is 32.7 Å². The molecule has 1 heterocycles. The Labute approximate surface area is 147 Å². The van der Waals surface area contributed by atoms with Gasteiger partial charge in [-0.25, -0.2) is 0 Å². The summed E-state index contributed by atoms with van der Waals surface area (Å²) >= 11 is 6.10. The molecule has 0 aliphatic carbocycles. The maximum Gasteiger partial charge on any atom is 0.0949 e. The smallest absolute Gasteiger partial charge is 0.0949 e. The molecule has 2 nitrogen and oxygen atoms in total. The van der Waals surface area contributed by atoms with E-state index in [-0.39, 0.29) is 0 Å². The maximum absolute atomic E-state index is 6.10. The number of piperazine rings is 1. The molecule has 1 N–H and O–H groups in total. The van der Waals surface area contributed by atoms with Crippen LogP contribution >= 0.6 is 11.6 Å². The van der Waals surface area contributed by atoms with Gasteiger partial charge < -0.3 is 9.80 Å². The second-order valence-electron chi connectivity index (χ2n) is 6.95. The third-order valence-electron chi connectivity index (χ3n) is 4.68. The van der Waals surface area contributed by atoms with Gasteiger partial charge in [0.2, 0.25) is 0 Å². The molecule has 0 aromatic heterocycles. The van der Waals surface area contributed by atoms with Crippen LogP contribution in [0, 0.1) is 0 Å². The molecular weight excluding hydrogens is 304 g/mol. The summed E-state index contributed by atoms with van der Waals surface area (Å²) in [6.07, 6.45) is 9.11. The van der Waals surface area contributed by atoms with E-state index < -0.39 is 0 Å². The van der Waals surface area contributed by atoms with Crippen LogP contribution in [-0.2, 0) is 0 Å². The molecule has 0 atom stereocenters. The zero-order valence-electron chi connectivity index (χ0n) is 14.8. The lowest BCUT2D eigenvalue weighted by atomic mass is 10.1. The summed E-state index contributed by atoms with van der Waals surface area (Å²) in [5.74, 6) is 0. The van der Waals surface area contributed by atoms with E-state index in [2.05, 4.69) is 37.0 Å². The lowest BCUT2D eigenvalue weighted by Crippen LogP contribution is -3.14. The number of anilines is 1. The number of hydrogen-bond acceptors (Lipinski definition) is 1. The fourth-order valence-electron chi connectivity index (χ4n) is 3.27. The van der Waals surface area contributed by atoms with Crippen molar-refractivity contribution >= 4 is 17.3 Å². The fraction of sp³-hybridized carbons (Fsp3) is 0.600. The van der Waals surface area contributed by atoms with Crippen molar-refractivity contribution < 1.29 is 4.90 Å². The van der Waals surface area contributed by atoms with E-state index in [9.17, 15) is 0 Å². The van der Waals surface area contributed by atoms with Crippen LogP contribution in [0.15, 0.2) is 35.9 Å². The van der Waals surface area contributed by atoms with Crippen molar-refractivity contribution in [3.63, 3.8) is 0 Å². The number of halogens is 1. The minimum atomic E-state index is 0.838. The quantitative estimate of drug-likeness (QED) is 0.558. The number of rotatable bonds is 8. The molecule has 0 spiro atoms. The van der Waals surface area contributed by atoms with Crippen molar-refractivity contribution in [2.75, 3.05) is 37.6 Å². The molecule has 1 fully saturated rings. The summed E-state index contributed by atoms with van der Waals surface area (Å²) in [6.45, 7) is 10.5. The van der Waals surface area contributed by atoms with Gasteiger partial charge in [0.15, 0.2) is 0 Å². The number of nitrogens with zero attached hydrogens (tertiary/aromatic N) is 1. The zero-order valence-corrected chi connectivity index (χ0v) is 15.5. The lowest BCUT2D eigenvalue weighted by molar-refractivity contribution is -0.900. The van der Waals surface area contributed by atoms with E-state index in [1.807, 2.05) is 12.1 Å². The summed E-state index contributed by atoms with van der Waals surface area (Å²) in [4.78, 5) is 4.24. The highest BCUT2D eigenvalue weighted by molar-refractivity contribution is 6.30. The molecule has 1 aliphatic rings. The van der Waals surface area contributed by atoms with Crippen LogP contribution in [0.2, 0.25) is 5.02 Å². The van der Waals surface area contributed by atoms with Gasteiger partial charge >= 0.3 is 0 Å². The average Bonchev–Trinajstić information content (AvgIpc) is 2.54. The van der Waals surface area contributed by atoms with Gasteiger partial charge in [-0.3, -0.25) is 0 Å². The van der Waals surface area contributed by atoms with Crippen LogP contribution in [0.25, 0.3) is 0 Å². The lowest BCUT2D eigenvalue weighted by Gasteiger charge is -2.33. The van der Waals surface area contributed by atoms with Crippen LogP contribution in [-0.4, -0.2) is 32.7 Å². The van der Waals surface area contributed by atoms with Gasteiger partial charge in [-0.05, 0) is 57.7 Å². The number of nitrogens with one attached hydrogen (secondary N) is 1. The van der Waals surface area contributed by atoms with Gasteiger partial charge in [-0.15, -0.1) is 0 Å². The van der Waals surface area contributed by atoms with Crippen molar-refractivity contribution in [3.05, 3.63) is 40.9 Å². The van der Waals surface area contributed by atoms with Crippen LogP contribution in [0.1, 0.15) is 46.0 Å². The first-order valence-corrected chi connectivity index (χ1v) is 9.50. The second-order valence-corrected chi connectivity index (χ2v) is 7.39. The van der Waals surface area contributed by atoms with Crippen molar-refractivity contribution in [2.24, 2.45) is 0 Å². The number of quaternary nitrogens is 1. The Morgan fingerprint density at radius 1 is 1.13 bits per heavy atom. The fourth-order valence-corrected chi connectivity index (χ4v) is 3.45. The van der Waals surface area contributed by atoms with Gasteiger partial charge in [0, 0.05) is 10.7 Å². The Kier molecular flexibility index (Phi) is 7.98. The molecule has 128 valence electrons. The topological polar surface area (TPSA) is 7.68 Å². The predicted octanol–water partition coefficient (Wildman–Crippen LogP) is 3.96. The summed E-state index contributed by atoms with van der Waals surface area (Å²) in [6, 6.07) is 8.25. The molecule has 0 unspecified atom stereocenters. The van der Waals surface area contributed by atoms with Crippen molar-refractivity contribution in [1.82, 2.24) is 0 Å². The maximum atomic E-state index is 6.10. The third kappa shape index (κ3) is 6.97. The minimum absolute atomic E-state index is 0.838. The molecule has 1 aromatic carbocycles. The van der Waals surface area contributed by atoms with Gasteiger partial charge in [0.1, 0.15) is 0 Å². The van der Waals surface area contributed by atoms with E-state index in [1.54, 1.807) is 4.90 Å². The molecule has 1 saturated heterocycles. The van der Waals surface area contributed by atoms with Crippen LogP contribution in [0.5, 0.6) is 0 Å². The molecule has 1 aliphatic heterocycles. The second kappa shape index (κ2) is 10.00. The summed E-state index contributed by atoms with van der Waals surface area (Å²) in [5, 5.41) is 0.838. The van der Waals surface area contributed by atoms with E-state index in [0.717, 1.165) is 18.1 Å². The highest BCUT2D eigenvalue weighted by atomic mass is 35.5. The van der Waals surface area contributed by atoms with Crippen molar-refractivity contribution in [3.8, 4) is 0 Å². The highest BCUT2D eigenvalue weighted by Gasteiger charge is 2.19. The van der Waals surface area contributed by atoms with E-state index in [1.165, 1.54) is 63.0 Å². The zero-order chi connectivity index (χ0) is 16.5. The molecule has 0 bridgehead atoms. The first-order chi connectivity index (χ1) is 11.1. The Hall–Kier alpha value is -0.990. The molecule has 0 radical (unpaired) electrons. The summed E-state index contributed by atoms with van der Waals surface area (Å²) < 4.78 is 0. The summed E-state index contributed by atoms with van der Waals surface area (Å²) in [5.41, 5.74) is 2.72. The monoisotopic (exact) mass is 335 g/mol. The van der Waals surface area contributed by atoms with E-state index >= 15 is 0 Å². The van der Waals surface area contributed by atoms with Crippen LogP contribution in [0.4, 0.5) is 5.69 Å². The number of benzene rings is 1. The highest BCUT2D eigenvalue weighted by Crippen LogP contribution is 2.19. The van der Waals surface area contributed by atoms with Crippen molar-refractivity contribution in [2.45, 2.75) is 46.0 Å². The Morgan fingerprint density at radius 3 is 2.57 bits per heavy atom. The Balaban J connectivity index is 1.57. The standard InChI is InChI=1S/C20H31ClN2/c1-18(2)9-6-4-3-5-7-12-22-13-15-23(16-14-22)20-11-8-10-19(21)17-20/h8-11,17H,3-7,12-16H2,1-2H3/p+1. The molecule has 2 rings (SSSR count). The Morgan fingerprint density at radius 2 is 1.87 bits per heavy atom. The largest absolute Gasteiger partial charge is 0.360 e. The van der Waals surface area contributed by atoms with E-state index in [4.69, 9.17) is 11.6 Å². The summed E-state index contributed by atoms with van der Waals surface area (Å²) in [7, 11) is 0. The molecule has 0 saturated carbocycles. The molecule has 1 aromatic rings. The number of hydrogen-bond donors (Lipinski definition) is 1. The SMILES string of the molecule is CC(C)=CCCCCCC[NH+]1CCN(c2cccc(Cl)c2)CC1. The van der Waals surface area contributed by atoms with Gasteiger partial charge in [-0.1, -0.05) is 35.7 Å². The van der Waals surface area contributed by atoms with Gasteiger partial charge in [-0.2, -0.15) is 0 Å². The van der Waals surface area contributed by atoms with Crippen LogP contribution in [0.3, 0.4) is 0 Å². The molecule has 23 heavy (non-hydrogen) atoms. The molecule has 3 heteroatoms. The predicted molar refractivity (Wildman–Crippen MR) is 102 cm³/mol. The molecule has 0 amide bonds. The van der Waals surface area contributed by atoms with Crippen molar-refractivity contribution in [1.29, 1.82) is 0 Å². The minimum Gasteiger partial charge on any atom is -0.360 e. The number of unbranched alkanes of at least 4 members (excludes halogenated alkanes) is 4.